The first kappa shape index (κ1) is 9.16. The minimum absolute atomic E-state index is 0.0473. The molecule has 0 aromatic carbocycles. The average Bonchev–Trinajstić information content (AvgIpc) is 2.53. The van der Waals surface area contributed by atoms with E-state index in [0.29, 0.717) is 5.92 Å². The zero-order chi connectivity index (χ0) is 9.26. The molecule has 3 heteroatoms. The Bertz CT molecular complexity index is 276. The molecule has 0 amide bonds. The fourth-order valence-corrected chi connectivity index (χ4v) is 2.59. The van der Waals surface area contributed by atoms with Gasteiger partial charge in [-0.3, -0.25) is 0 Å². The van der Waals surface area contributed by atoms with E-state index in [1.54, 1.807) is 6.07 Å². The highest BCUT2D eigenvalue weighted by atomic mass is 32.1. The van der Waals surface area contributed by atoms with Crippen LogP contribution in [-0.2, 0) is 0 Å². The third-order valence-electron chi connectivity index (χ3n) is 2.78. The fourth-order valence-electron chi connectivity index (χ4n) is 1.88. The summed E-state index contributed by atoms with van der Waals surface area (Å²) in [6.07, 6.45) is 2.35. The molecule has 1 nitrogen and oxygen atoms in total. The second-order valence-corrected chi connectivity index (χ2v) is 4.62. The number of thiophene rings is 1. The Morgan fingerprint density at radius 3 is 2.69 bits per heavy atom. The van der Waals surface area contributed by atoms with Gasteiger partial charge in [-0.1, -0.05) is 0 Å². The zero-order valence-corrected chi connectivity index (χ0v) is 8.61. The van der Waals surface area contributed by atoms with Gasteiger partial charge in [0.05, 0.1) is 0 Å². The smallest absolute Gasteiger partial charge is 0.176 e. The van der Waals surface area contributed by atoms with E-state index in [-0.39, 0.29) is 5.13 Å². The van der Waals surface area contributed by atoms with Crippen LogP contribution in [0.5, 0.6) is 0 Å². The van der Waals surface area contributed by atoms with Gasteiger partial charge in [0.15, 0.2) is 5.13 Å². The highest BCUT2D eigenvalue weighted by Crippen LogP contribution is 2.29. The lowest BCUT2D eigenvalue weighted by Crippen LogP contribution is -2.29. The normalized spacial score (nSPS) is 20.8. The van der Waals surface area contributed by atoms with E-state index in [1.807, 2.05) is 5.38 Å². The maximum Gasteiger partial charge on any atom is 0.176 e. The number of piperidine rings is 1. The van der Waals surface area contributed by atoms with E-state index in [2.05, 4.69) is 11.9 Å². The summed E-state index contributed by atoms with van der Waals surface area (Å²) < 4.78 is 12.8. The van der Waals surface area contributed by atoms with Gasteiger partial charge in [-0.2, -0.15) is 4.39 Å². The molecule has 1 aliphatic rings. The summed E-state index contributed by atoms with van der Waals surface area (Å²) in [6.45, 7) is 2.28. The topological polar surface area (TPSA) is 3.24 Å². The van der Waals surface area contributed by atoms with Crippen molar-refractivity contribution >= 4 is 11.3 Å². The van der Waals surface area contributed by atoms with Crippen molar-refractivity contribution < 1.29 is 4.39 Å². The van der Waals surface area contributed by atoms with Crippen molar-refractivity contribution in [3.63, 3.8) is 0 Å². The number of halogens is 1. The monoisotopic (exact) mass is 199 g/mol. The Kier molecular flexibility index (Phi) is 2.65. The maximum absolute atomic E-state index is 12.8. The largest absolute Gasteiger partial charge is 0.306 e. The highest BCUT2D eigenvalue weighted by molar-refractivity contribution is 7.08. The lowest BCUT2D eigenvalue weighted by molar-refractivity contribution is 0.255. The molecule has 0 radical (unpaired) electrons. The Morgan fingerprint density at radius 1 is 1.46 bits per heavy atom. The van der Waals surface area contributed by atoms with Gasteiger partial charge in [-0.05, 0) is 55.9 Å². The van der Waals surface area contributed by atoms with Crippen LogP contribution in [0.1, 0.15) is 24.3 Å². The minimum Gasteiger partial charge on any atom is -0.306 e. The summed E-state index contributed by atoms with van der Waals surface area (Å²) in [4.78, 5) is 2.33. The summed E-state index contributed by atoms with van der Waals surface area (Å²) in [5.74, 6) is 0.594. The Morgan fingerprint density at radius 2 is 2.15 bits per heavy atom. The molecule has 0 bridgehead atoms. The van der Waals surface area contributed by atoms with Crippen molar-refractivity contribution in [1.29, 1.82) is 0 Å². The third-order valence-corrected chi connectivity index (χ3v) is 3.51. The molecule has 1 fully saturated rings. The van der Waals surface area contributed by atoms with Gasteiger partial charge in [0.25, 0.3) is 0 Å². The second-order valence-electron chi connectivity index (χ2n) is 3.76. The van der Waals surface area contributed by atoms with Gasteiger partial charge in [-0.25, -0.2) is 0 Å². The zero-order valence-electron chi connectivity index (χ0n) is 7.79. The molecule has 1 aliphatic heterocycles. The summed E-state index contributed by atoms with van der Waals surface area (Å²) in [7, 11) is 2.14. The molecule has 0 aliphatic carbocycles. The number of nitrogens with zero attached hydrogens (tertiary/aromatic N) is 1. The van der Waals surface area contributed by atoms with Crippen LogP contribution < -0.4 is 0 Å². The summed E-state index contributed by atoms with van der Waals surface area (Å²) in [6, 6.07) is 1.70. The lowest BCUT2D eigenvalue weighted by Gasteiger charge is -2.28. The van der Waals surface area contributed by atoms with Crippen LogP contribution in [-0.4, -0.2) is 25.0 Å². The van der Waals surface area contributed by atoms with Crippen LogP contribution in [0.4, 0.5) is 4.39 Å². The minimum atomic E-state index is -0.0473. The number of hydrogen-bond acceptors (Lipinski definition) is 2. The summed E-state index contributed by atoms with van der Waals surface area (Å²) >= 11 is 1.22. The number of likely N-dealkylation sites (tertiary alicyclic amines) is 1. The quantitative estimate of drug-likeness (QED) is 0.672. The van der Waals surface area contributed by atoms with Gasteiger partial charge in [-0.15, -0.1) is 11.3 Å². The van der Waals surface area contributed by atoms with Gasteiger partial charge in [0.2, 0.25) is 0 Å². The van der Waals surface area contributed by atoms with E-state index < -0.39 is 0 Å². The molecule has 0 spiro atoms. The van der Waals surface area contributed by atoms with E-state index in [0.717, 1.165) is 13.1 Å². The predicted octanol–water partition coefficient (Wildman–Crippen LogP) is 2.70. The molecule has 1 saturated heterocycles. The molecule has 72 valence electrons. The lowest BCUT2D eigenvalue weighted by atomic mass is 9.92. The van der Waals surface area contributed by atoms with E-state index in [4.69, 9.17) is 0 Å². The van der Waals surface area contributed by atoms with Crippen molar-refractivity contribution in [1.82, 2.24) is 4.90 Å². The van der Waals surface area contributed by atoms with E-state index in [1.165, 1.54) is 29.7 Å². The van der Waals surface area contributed by atoms with Crippen LogP contribution in [0.2, 0.25) is 0 Å². The third kappa shape index (κ3) is 2.09. The number of hydrogen-bond donors (Lipinski definition) is 0. The van der Waals surface area contributed by atoms with Crippen LogP contribution in [0.15, 0.2) is 11.4 Å². The van der Waals surface area contributed by atoms with Gasteiger partial charge >= 0.3 is 0 Å². The molecule has 13 heavy (non-hydrogen) atoms. The Balaban J connectivity index is 2.02. The molecule has 2 rings (SSSR count). The van der Waals surface area contributed by atoms with Crippen LogP contribution in [0.3, 0.4) is 0 Å². The fraction of sp³-hybridized carbons (Fsp3) is 0.600. The van der Waals surface area contributed by atoms with Gasteiger partial charge in [0.1, 0.15) is 0 Å². The van der Waals surface area contributed by atoms with Crippen molar-refractivity contribution in [3.8, 4) is 0 Å². The molecule has 0 saturated carbocycles. The molecular weight excluding hydrogens is 185 g/mol. The van der Waals surface area contributed by atoms with Crippen molar-refractivity contribution in [2.75, 3.05) is 20.1 Å². The van der Waals surface area contributed by atoms with Crippen LogP contribution in [0, 0.1) is 5.13 Å². The molecule has 1 aromatic rings. The number of rotatable bonds is 1. The SMILES string of the molecule is CN1CCC(c2csc(F)c2)CC1. The second kappa shape index (κ2) is 3.76. The first-order valence-electron chi connectivity index (χ1n) is 4.68. The first-order valence-corrected chi connectivity index (χ1v) is 5.56. The van der Waals surface area contributed by atoms with Crippen LogP contribution >= 0.6 is 11.3 Å². The average molecular weight is 199 g/mol. The molecule has 0 N–H and O–H groups in total. The molecule has 0 unspecified atom stereocenters. The van der Waals surface area contributed by atoms with Gasteiger partial charge in [0, 0.05) is 0 Å². The molecule has 1 aromatic heterocycles. The van der Waals surface area contributed by atoms with E-state index in [9.17, 15) is 4.39 Å². The summed E-state index contributed by atoms with van der Waals surface area (Å²) in [5.41, 5.74) is 1.20. The van der Waals surface area contributed by atoms with Crippen molar-refractivity contribution in [2.45, 2.75) is 18.8 Å². The predicted molar refractivity (Wildman–Crippen MR) is 53.7 cm³/mol. The molecule has 0 atom stereocenters. The molecular formula is C10H14FNS. The van der Waals surface area contributed by atoms with E-state index >= 15 is 0 Å². The Labute approximate surface area is 82.2 Å². The summed E-state index contributed by atoms with van der Waals surface area (Å²) in [5, 5.41) is 1.92. The Hall–Kier alpha value is -0.410. The van der Waals surface area contributed by atoms with Crippen molar-refractivity contribution in [2.24, 2.45) is 0 Å². The van der Waals surface area contributed by atoms with Gasteiger partial charge < -0.3 is 4.90 Å². The first-order chi connectivity index (χ1) is 6.25. The van der Waals surface area contributed by atoms with Crippen molar-refractivity contribution in [3.05, 3.63) is 22.1 Å². The van der Waals surface area contributed by atoms with Crippen LogP contribution in [0.25, 0.3) is 0 Å². The highest BCUT2D eigenvalue weighted by Gasteiger charge is 2.19. The standard InChI is InChI=1S/C10H14FNS/c1-12-4-2-8(3-5-12)9-6-10(11)13-7-9/h6-8H,2-5H2,1H3. The molecule has 2 heterocycles. The maximum atomic E-state index is 12.8.